The zero-order chi connectivity index (χ0) is 22.1. The lowest BCUT2D eigenvalue weighted by Gasteiger charge is -2.10. The molecule has 3 aromatic carbocycles. The zero-order valence-electron chi connectivity index (χ0n) is 17.7. The predicted molar refractivity (Wildman–Crippen MR) is 119 cm³/mol. The molecule has 6 nitrogen and oxygen atoms in total. The van der Waals surface area contributed by atoms with Gasteiger partial charge in [-0.15, -0.1) is 0 Å². The van der Waals surface area contributed by atoms with Gasteiger partial charge in [0.15, 0.2) is 6.61 Å². The smallest absolute Gasteiger partial charge is 0.276 e. The number of ether oxygens (including phenoxy) is 2. The number of hydrogen-bond acceptors (Lipinski definition) is 4. The molecule has 160 valence electrons. The molecule has 0 saturated heterocycles. The van der Waals surface area contributed by atoms with Crippen LogP contribution in [-0.4, -0.2) is 25.0 Å². The first kappa shape index (κ1) is 21.9. The van der Waals surface area contributed by atoms with Crippen LogP contribution in [0.5, 0.6) is 11.5 Å². The molecule has 0 atom stereocenters. The monoisotopic (exact) mass is 418 g/mol. The van der Waals surface area contributed by atoms with Crippen LogP contribution in [-0.2, 0) is 11.2 Å². The summed E-state index contributed by atoms with van der Waals surface area (Å²) >= 11 is 0. The number of nitrogens with one attached hydrogen (secondary N) is 2. The summed E-state index contributed by atoms with van der Waals surface area (Å²) in [5, 5.41) is 0. The molecule has 2 N–H and O–H groups in total. The van der Waals surface area contributed by atoms with Gasteiger partial charge in [-0.3, -0.25) is 20.4 Å². The number of amides is 2. The van der Waals surface area contributed by atoms with Gasteiger partial charge in [0.1, 0.15) is 11.5 Å². The first-order chi connectivity index (χ1) is 15.0. The third-order valence-corrected chi connectivity index (χ3v) is 4.50. The highest BCUT2D eigenvalue weighted by molar-refractivity contribution is 5.95. The summed E-state index contributed by atoms with van der Waals surface area (Å²) in [6, 6.07) is 22.5. The highest BCUT2D eigenvalue weighted by Gasteiger charge is 2.09. The molecule has 0 unspecified atom stereocenters. The first-order valence-corrected chi connectivity index (χ1v) is 10.1. The molecule has 0 spiro atoms. The lowest BCUT2D eigenvalue weighted by Crippen LogP contribution is -2.43. The molecule has 3 aromatic rings. The standard InChI is InChI=1S/C25H26N2O4/c1-18-14-19(2)16-23(15-18)31-17-24(28)26-27-25(29)21-8-10-22(11-9-21)30-13-12-20-6-4-3-5-7-20/h3-11,14-16H,12-13,17H2,1-2H3,(H,26,28)(H,27,29). The van der Waals surface area contributed by atoms with Crippen molar-refractivity contribution in [1.82, 2.24) is 10.9 Å². The van der Waals surface area contributed by atoms with E-state index in [0.717, 1.165) is 17.5 Å². The Morgan fingerprint density at radius 3 is 2.13 bits per heavy atom. The van der Waals surface area contributed by atoms with Crippen LogP contribution >= 0.6 is 0 Å². The molecule has 6 heteroatoms. The van der Waals surface area contributed by atoms with Gasteiger partial charge in [-0.25, -0.2) is 0 Å². The molecule has 0 heterocycles. The van der Waals surface area contributed by atoms with E-state index in [9.17, 15) is 9.59 Å². The molecule has 3 rings (SSSR count). The molecule has 0 fully saturated rings. The maximum Gasteiger partial charge on any atom is 0.276 e. The lowest BCUT2D eigenvalue weighted by molar-refractivity contribution is -0.123. The lowest BCUT2D eigenvalue weighted by atomic mass is 10.1. The largest absolute Gasteiger partial charge is 0.493 e. The van der Waals surface area contributed by atoms with Crippen molar-refractivity contribution in [1.29, 1.82) is 0 Å². The maximum absolute atomic E-state index is 12.2. The Balaban J connectivity index is 1.40. The second kappa shape index (κ2) is 10.8. The number of benzene rings is 3. The summed E-state index contributed by atoms with van der Waals surface area (Å²) in [4.78, 5) is 24.2. The number of rotatable bonds is 8. The molecular formula is C25H26N2O4. The highest BCUT2D eigenvalue weighted by atomic mass is 16.5. The summed E-state index contributed by atoms with van der Waals surface area (Å²) in [5.74, 6) is 0.421. The van der Waals surface area contributed by atoms with E-state index >= 15 is 0 Å². The van der Waals surface area contributed by atoms with E-state index in [1.54, 1.807) is 24.3 Å². The topological polar surface area (TPSA) is 76.7 Å². The molecule has 0 aromatic heterocycles. The second-order valence-corrected chi connectivity index (χ2v) is 7.22. The van der Waals surface area contributed by atoms with Crippen molar-refractivity contribution in [2.45, 2.75) is 20.3 Å². The predicted octanol–water partition coefficient (Wildman–Crippen LogP) is 3.76. The molecule has 0 aliphatic heterocycles. The quantitative estimate of drug-likeness (QED) is 0.546. The van der Waals surface area contributed by atoms with E-state index in [1.165, 1.54) is 5.56 Å². The summed E-state index contributed by atoms with van der Waals surface area (Å²) < 4.78 is 11.2. The highest BCUT2D eigenvalue weighted by Crippen LogP contribution is 2.16. The minimum absolute atomic E-state index is 0.197. The van der Waals surface area contributed by atoms with Crippen molar-refractivity contribution in [2.24, 2.45) is 0 Å². The van der Waals surface area contributed by atoms with Crippen molar-refractivity contribution in [2.75, 3.05) is 13.2 Å². The Labute approximate surface area is 182 Å². The van der Waals surface area contributed by atoms with Gasteiger partial charge in [-0.05, 0) is 66.9 Å². The normalized spacial score (nSPS) is 10.3. The Hall–Kier alpha value is -3.80. The molecule has 0 saturated carbocycles. The number of hydrogen-bond donors (Lipinski definition) is 2. The summed E-state index contributed by atoms with van der Waals surface area (Å²) in [6.45, 7) is 4.27. The van der Waals surface area contributed by atoms with Crippen LogP contribution in [0.2, 0.25) is 0 Å². The Morgan fingerprint density at radius 2 is 1.45 bits per heavy atom. The molecule has 0 aliphatic carbocycles. The third-order valence-electron chi connectivity index (χ3n) is 4.50. The van der Waals surface area contributed by atoms with Crippen molar-refractivity contribution in [3.05, 3.63) is 95.1 Å². The minimum Gasteiger partial charge on any atom is -0.493 e. The van der Waals surface area contributed by atoms with Crippen molar-refractivity contribution in [3.8, 4) is 11.5 Å². The first-order valence-electron chi connectivity index (χ1n) is 10.1. The Morgan fingerprint density at radius 1 is 0.774 bits per heavy atom. The molecule has 0 aliphatic rings. The van der Waals surface area contributed by atoms with Crippen molar-refractivity contribution < 1.29 is 19.1 Å². The van der Waals surface area contributed by atoms with E-state index in [4.69, 9.17) is 9.47 Å². The van der Waals surface area contributed by atoms with Gasteiger partial charge in [0.05, 0.1) is 6.61 Å². The minimum atomic E-state index is -0.451. The molecule has 0 radical (unpaired) electrons. The zero-order valence-corrected chi connectivity index (χ0v) is 17.7. The van der Waals surface area contributed by atoms with Crippen LogP contribution in [0, 0.1) is 13.8 Å². The van der Waals surface area contributed by atoms with E-state index in [2.05, 4.69) is 23.0 Å². The van der Waals surface area contributed by atoms with Gasteiger partial charge in [-0.2, -0.15) is 0 Å². The SMILES string of the molecule is Cc1cc(C)cc(OCC(=O)NNC(=O)c2ccc(OCCc3ccccc3)cc2)c1. The summed E-state index contributed by atoms with van der Waals surface area (Å²) in [6.07, 6.45) is 0.805. The fourth-order valence-electron chi connectivity index (χ4n) is 3.03. The second-order valence-electron chi connectivity index (χ2n) is 7.22. The van der Waals surface area contributed by atoms with Crippen LogP contribution in [0.3, 0.4) is 0 Å². The molecule has 31 heavy (non-hydrogen) atoms. The van der Waals surface area contributed by atoms with E-state index in [0.29, 0.717) is 23.7 Å². The number of hydrazine groups is 1. The summed E-state index contributed by atoms with van der Waals surface area (Å²) in [5.41, 5.74) is 8.45. The average molecular weight is 418 g/mol. The number of carbonyl (C=O) groups is 2. The van der Waals surface area contributed by atoms with Gasteiger partial charge in [0, 0.05) is 12.0 Å². The molecule has 2 amide bonds. The van der Waals surface area contributed by atoms with Crippen LogP contribution in [0.4, 0.5) is 0 Å². The van der Waals surface area contributed by atoms with Gasteiger partial charge in [0.25, 0.3) is 11.8 Å². The molecule has 0 bridgehead atoms. The summed E-state index contributed by atoms with van der Waals surface area (Å²) in [7, 11) is 0. The van der Waals surface area contributed by atoms with E-state index < -0.39 is 11.8 Å². The molecular weight excluding hydrogens is 392 g/mol. The maximum atomic E-state index is 12.2. The van der Waals surface area contributed by atoms with Gasteiger partial charge < -0.3 is 9.47 Å². The third kappa shape index (κ3) is 7.19. The van der Waals surface area contributed by atoms with Crippen LogP contribution < -0.4 is 20.3 Å². The average Bonchev–Trinajstić information content (AvgIpc) is 2.76. The fraction of sp³-hybridized carbons (Fsp3) is 0.200. The van der Waals surface area contributed by atoms with E-state index in [-0.39, 0.29) is 6.61 Å². The van der Waals surface area contributed by atoms with Gasteiger partial charge in [0.2, 0.25) is 0 Å². The van der Waals surface area contributed by atoms with Crippen molar-refractivity contribution in [3.63, 3.8) is 0 Å². The number of aryl methyl sites for hydroxylation is 2. The Kier molecular flexibility index (Phi) is 7.65. The Bertz CT molecular complexity index is 997. The van der Waals surface area contributed by atoms with E-state index in [1.807, 2.05) is 50.2 Å². The van der Waals surface area contributed by atoms with Crippen LogP contribution in [0.25, 0.3) is 0 Å². The fourth-order valence-corrected chi connectivity index (χ4v) is 3.03. The van der Waals surface area contributed by atoms with Crippen LogP contribution in [0.1, 0.15) is 27.0 Å². The van der Waals surface area contributed by atoms with Gasteiger partial charge in [-0.1, -0.05) is 36.4 Å². The number of carbonyl (C=O) groups excluding carboxylic acids is 2. The van der Waals surface area contributed by atoms with Crippen molar-refractivity contribution >= 4 is 11.8 Å². The van der Waals surface area contributed by atoms with Crippen LogP contribution in [0.15, 0.2) is 72.8 Å². The van der Waals surface area contributed by atoms with Gasteiger partial charge >= 0.3 is 0 Å².